The summed E-state index contributed by atoms with van der Waals surface area (Å²) in [5, 5.41) is 11.0. The molecule has 5 heteroatoms. The van der Waals surface area contributed by atoms with Crippen LogP contribution in [0.3, 0.4) is 0 Å². The van der Waals surface area contributed by atoms with Crippen LogP contribution in [0.4, 0.5) is 0 Å². The van der Waals surface area contributed by atoms with Gasteiger partial charge in [-0.15, -0.1) is 0 Å². The molecule has 0 radical (unpaired) electrons. The zero-order valence-corrected chi connectivity index (χ0v) is 14.2. The molecular formula is C18H21NO3S. The monoisotopic (exact) mass is 331 g/mol. The first-order chi connectivity index (χ1) is 11.0. The summed E-state index contributed by atoms with van der Waals surface area (Å²) in [6, 6.07) is 11.4. The normalized spacial score (nSPS) is 20.9. The van der Waals surface area contributed by atoms with Crippen molar-refractivity contribution in [1.82, 2.24) is 4.90 Å². The Kier molecular flexibility index (Phi) is 4.50. The molecule has 23 heavy (non-hydrogen) atoms. The molecule has 4 nitrogen and oxygen atoms in total. The fourth-order valence-electron chi connectivity index (χ4n) is 3.15. The van der Waals surface area contributed by atoms with Gasteiger partial charge in [0.05, 0.1) is 12.3 Å². The van der Waals surface area contributed by atoms with Crippen molar-refractivity contribution < 1.29 is 14.3 Å². The third-order valence-electron chi connectivity index (χ3n) is 4.34. The van der Waals surface area contributed by atoms with Gasteiger partial charge in [-0.2, -0.15) is 11.8 Å². The second kappa shape index (κ2) is 6.42. The van der Waals surface area contributed by atoms with E-state index >= 15 is 0 Å². The lowest BCUT2D eigenvalue weighted by Gasteiger charge is -2.25. The quantitative estimate of drug-likeness (QED) is 0.935. The van der Waals surface area contributed by atoms with Gasteiger partial charge in [0.1, 0.15) is 11.4 Å². The highest BCUT2D eigenvalue weighted by molar-refractivity contribution is 7.97. The number of hydrogen-bond acceptors (Lipinski definition) is 4. The Morgan fingerprint density at radius 2 is 2.13 bits per heavy atom. The minimum atomic E-state index is -0.976. The van der Waals surface area contributed by atoms with Crippen molar-refractivity contribution in [3.63, 3.8) is 0 Å². The van der Waals surface area contributed by atoms with Crippen LogP contribution >= 0.6 is 11.8 Å². The summed E-state index contributed by atoms with van der Waals surface area (Å²) < 4.78 is 5.60. The molecule has 1 amide bonds. The summed E-state index contributed by atoms with van der Waals surface area (Å²) in [6.07, 6.45) is 2.54. The van der Waals surface area contributed by atoms with Crippen molar-refractivity contribution in [2.45, 2.75) is 24.7 Å². The van der Waals surface area contributed by atoms with E-state index in [1.165, 1.54) is 0 Å². The number of aryl methyl sites for hydroxylation is 1. The van der Waals surface area contributed by atoms with Crippen LogP contribution in [-0.2, 0) is 11.4 Å². The molecule has 1 aliphatic rings. The van der Waals surface area contributed by atoms with E-state index in [0.29, 0.717) is 25.3 Å². The van der Waals surface area contributed by atoms with Gasteiger partial charge < -0.3 is 14.4 Å². The van der Waals surface area contributed by atoms with Crippen LogP contribution in [-0.4, -0.2) is 35.3 Å². The first kappa shape index (κ1) is 16.1. The fourth-order valence-corrected chi connectivity index (χ4v) is 3.59. The Morgan fingerprint density at radius 3 is 2.87 bits per heavy atom. The molecule has 3 rings (SSSR count). The molecule has 2 heterocycles. The fraction of sp³-hybridized carbons (Fsp3) is 0.389. The molecule has 0 bridgehead atoms. The topological polar surface area (TPSA) is 53.7 Å². The summed E-state index contributed by atoms with van der Waals surface area (Å²) in [6.45, 7) is 2.82. The largest absolute Gasteiger partial charge is 0.455 e. The summed E-state index contributed by atoms with van der Waals surface area (Å²) in [4.78, 5) is 14.3. The predicted molar refractivity (Wildman–Crippen MR) is 91.5 cm³/mol. The third-order valence-corrected chi connectivity index (χ3v) is 4.91. The maximum atomic E-state index is 12.6. The molecule has 0 aliphatic carbocycles. The number of thioether (sulfide) groups is 1. The van der Waals surface area contributed by atoms with E-state index in [1.54, 1.807) is 22.7 Å². The second-order valence-electron chi connectivity index (χ2n) is 6.02. The molecule has 1 atom stereocenters. The van der Waals surface area contributed by atoms with Crippen molar-refractivity contribution >= 4 is 17.7 Å². The van der Waals surface area contributed by atoms with Gasteiger partial charge in [0, 0.05) is 6.54 Å². The van der Waals surface area contributed by atoms with Crippen molar-refractivity contribution in [3.05, 3.63) is 59.0 Å². The number of benzene rings is 1. The highest BCUT2D eigenvalue weighted by Crippen LogP contribution is 2.34. The number of nitrogens with zero attached hydrogens (tertiary/aromatic N) is 1. The van der Waals surface area contributed by atoms with Crippen molar-refractivity contribution in [3.8, 4) is 0 Å². The number of carbonyl (C=O) groups excluding carboxylic acids is 1. The highest BCUT2D eigenvalue weighted by Gasteiger charge is 2.41. The smallest absolute Gasteiger partial charge is 0.289 e. The van der Waals surface area contributed by atoms with Crippen LogP contribution in [0.15, 0.2) is 40.8 Å². The van der Waals surface area contributed by atoms with E-state index in [2.05, 4.69) is 0 Å². The van der Waals surface area contributed by atoms with Crippen LogP contribution in [0, 0.1) is 6.92 Å². The minimum Gasteiger partial charge on any atom is -0.455 e. The van der Waals surface area contributed by atoms with Crippen LogP contribution in [0.2, 0.25) is 0 Å². The van der Waals surface area contributed by atoms with E-state index in [0.717, 1.165) is 22.6 Å². The maximum Gasteiger partial charge on any atom is 0.289 e. The predicted octanol–water partition coefficient (Wildman–Crippen LogP) is 3.18. The van der Waals surface area contributed by atoms with Gasteiger partial charge in [-0.3, -0.25) is 4.79 Å². The number of hydrogen-bond donors (Lipinski definition) is 1. The van der Waals surface area contributed by atoms with Gasteiger partial charge >= 0.3 is 0 Å². The summed E-state index contributed by atoms with van der Waals surface area (Å²) in [5.74, 6) is 1.75. The molecule has 1 N–H and O–H groups in total. The van der Waals surface area contributed by atoms with E-state index in [1.807, 2.05) is 43.5 Å². The molecule has 1 aliphatic heterocycles. The third kappa shape index (κ3) is 3.16. The SMILES string of the molecule is CSCc1ccc(C(=O)N2CC[C@](O)(c3ccccc3C)C2)o1. The molecule has 122 valence electrons. The molecule has 1 fully saturated rings. The molecule has 1 aromatic carbocycles. The number of aliphatic hydroxyl groups is 1. The lowest BCUT2D eigenvalue weighted by atomic mass is 9.89. The summed E-state index contributed by atoms with van der Waals surface area (Å²) >= 11 is 1.65. The first-order valence-corrected chi connectivity index (χ1v) is 9.08. The molecular weight excluding hydrogens is 310 g/mol. The second-order valence-corrected chi connectivity index (χ2v) is 6.89. The Labute approximate surface area is 140 Å². The van der Waals surface area contributed by atoms with Gasteiger partial charge in [0.25, 0.3) is 5.91 Å². The zero-order chi connectivity index (χ0) is 16.4. The van der Waals surface area contributed by atoms with Crippen LogP contribution in [0.5, 0.6) is 0 Å². The average Bonchev–Trinajstić information content (AvgIpc) is 3.15. The average molecular weight is 331 g/mol. The standard InChI is InChI=1S/C18H21NO3S/c1-13-5-3-4-6-15(13)18(21)9-10-19(12-18)17(20)16-8-7-14(22-16)11-23-2/h3-8,21H,9-12H2,1-2H3/t18-/m1/s1. The number of furan rings is 1. The summed E-state index contributed by atoms with van der Waals surface area (Å²) in [7, 11) is 0. The van der Waals surface area contributed by atoms with Crippen LogP contribution in [0.25, 0.3) is 0 Å². The summed E-state index contributed by atoms with van der Waals surface area (Å²) in [5.41, 5.74) is 0.970. The van der Waals surface area contributed by atoms with Crippen LogP contribution < -0.4 is 0 Å². The van der Waals surface area contributed by atoms with E-state index in [9.17, 15) is 9.90 Å². The van der Waals surface area contributed by atoms with Gasteiger partial charge in [0.15, 0.2) is 5.76 Å². The van der Waals surface area contributed by atoms with Crippen molar-refractivity contribution in [2.24, 2.45) is 0 Å². The molecule has 1 aromatic heterocycles. The van der Waals surface area contributed by atoms with Crippen LogP contribution in [0.1, 0.15) is 33.9 Å². The number of likely N-dealkylation sites (tertiary alicyclic amines) is 1. The lowest BCUT2D eigenvalue weighted by molar-refractivity contribution is 0.0402. The number of carbonyl (C=O) groups is 1. The minimum absolute atomic E-state index is 0.151. The molecule has 2 aromatic rings. The Balaban J connectivity index is 1.76. The first-order valence-electron chi connectivity index (χ1n) is 7.69. The van der Waals surface area contributed by atoms with E-state index in [4.69, 9.17) is 4.42 Å². The van der Waals surface area contributed by atoms with Gasteiger partial charge in [-0.05, 0) is 42.9 Å². The molecule has 0 spiro atoms. The number of amides is 1. The van der Waals surface area contributed by atoms with E-state index in [-0.39, 0.29) is 5.91 Å². The number of β-amino-alcohol motifs (C(OH)–C–C–N with tert-alkyl or cyclic N) is 1. The molecule has 0 unspecified atom stereocenters. The van der Waals surface area contributed by atoms with Crippen molar-refractivity contribution in [2.75, 3.05) is 19.3 Å². The Hall–Kier alpha value is -1.72. The zero-order valence-electron chi connectivity index (χ0n) is 13.4. The number of rotatable bonds is 4. The Morgan fingerprint density at radius 1 is 1.35 bits per heavy atom. The molecule has 1 saturated heterocycles. The van der Waals surface area contributed by atoms with Crippen molar-refractivity contribution in [1.29, 1.82) is 0 Å². The lowest BCUT2D eigenvalue weighted by Crippen LogP contribution is -2.34. The molecule has 0 saturated carbocycles. The highest BCUT2D eigenvalue weighted by atomic mass is 32.2. The van der Waals surface area contributed by atoms with Gasteiger partial charge in [0.2, 0.25) is 0 Å². The van der Waals surface area contributed by atoms with E-state index < -0.39 is 5.60 Å². The maximum absolute atomic E-state index is 12.6. The van der Waals surface area contributed by atoms with Gasteiger partial charge in [-0.1, -0.05) is 24.3 Å². The van der Waals surface area contributed by atoms with Gasteiger partial charge in [-0.25, -0.2) is 0 Å². The Bertz CT molecular complexity index is 712.